The number of ether oxygens (including phenoxy) is 1. The molecule has 1 rings (SSSR count). The maximum absolute atomic E-state index is 11.9. The number of carbonyl (C=O) groups is 1. The van der Waals surface area contributed by atoms with Gasteiger partial charge in [0.15, 0.2) is 0 Å². The number of hydrogen-bond acceptors (Lipinski definition) is 2. The van der Waals surface area contributed by atoms with Crippen LogP contribution < -0.4 is 0 Å². The normalized spacial score (nSPS) is 10.3. The standard InChI is InChI=1S/C13H18INO2/c1-15(8-3-9-17-2)13(16)10-11-4-6-12(14)7-5-11/h4-7H,3,8-10H2,1-2H3. The van der Waals surface area contributed by atoms with Crippen LogP contribution in [0, 0.1) is 3.57 Å². The summed E-state index contributed by atoms with van der Waals surface area (Å²) >= 11 is 2.26. The van der Waals surface area contributed by atoms with Gasteiger partial charge >= 0.3 is 0 Å². The highest BCUT2D eigenvalue weighted by Gasteiger charge is 2.08. The predicted octanol–water partition coefficient (Wildman–Crippen LogP) is 2.33. The average molecular weight is 347 g/mol. The molecule has 0 atom stereocenters. The first-order chi connectivity index (χ1) is 8.13. The Labute approximate surface area is 116 Å². The molecule has 0 unspecified atom stereocenters. The molecule has 0 bridgehead atoms. The zero-order chi connectivity index (χ0) is 12.7. The number of likely N-dealkylation sites (N-methyl/N-ethyl adjacent to an activating group) is 1. The molecule has 1 amide bonds. The van der Waals surface area contributed by atoms with E-state index >= 15 is 0 Å². The molecule has 4 heteroatoms. The third-order valence-corrected chi connectivity index (χ3v) is 3.26. The molecule has 1 aromatic carbocycles. The van der Waals surface area contributed by atoms with Crippen molar-refractivity contribution in [3.05, 3.63) is 33.4 Å². The third kappa shape index (κ3) is 5.50. The Morgan fingerprint density at radius 1 is 1.35 bits per heavy atom. The number of nitrogens with zero attached hydrogens (tertiary/aromatic N) is 1. The molecule has 0 saturated carbocycles. The van der Waals surface area contributed by atoms with E-state index in [9.17, 15) is 4.79 Å². The fourth-order valence-corrected chi connectivity index (χ4v) is 1.84. The summed E-state index contributed by atoms with van der Waals surface area (Å²) < 4.78 is 6.15. The van der Waals surface area contributed by atoms with Gasteiger partial charge in [-0.05, 0) is 46.7 Å². The quantitative estimate of drug-likeness (QED) is 0.584. The number of benzene rings is 1. The summed E-state index contributed by atoms with van der Waals surface area (Å²) in [6.45, 7) is 1.44. The van der Waals surface area contributed by atoms with Crippen molar-refractivity contribution < 1.29 is 9.53 Å². The molecule has 0 aliphatic rings. The highest BCUT2D eigenvalue weighted by Crippen LogP contribution is 2.08. The van der Waals surface area contributed by atoms with E-state index in [1.54, 1.807) is 12.0 Å². The van der Waals surface area contributed by atoms with E-state index in [4.69, 9.17) is 4.74 Å². The van der Waals surface area contributed by atoms with Gasteiger partial charge in [0.2, 0.25) is 5.91 Å². The van der Waals surface area contributed by atoms with E-state index in [-0.39, 0.29) is 5.91 Å². The molecular weight excluding hydrogens is 329 g/mol. The number of methoxy groups -OCH3 is 1. The highest BCUT2D eigenvalue weighted by molar-refractivity contribution is 14.1. The summed E-state index contributed by atoms with van der Waals surface area (Å²) in [5.41, 5.74) is 1.06. The van der Waals surface area contributed by atoms with Crippen LogP contribution in [0.4, 0.5) is 0 Å². The van der Waals surface area contributed by atoms with Crippen LogP contribution in [0.2, 0.25) is 0 Å². The Morgan fingerprint density at radius 3 is 2.59 bits per heavy atom. The van der Waals surface area contributed by atoms with Crippen LogP contribution in [-0.2, 0) is 16.0 Å². The number of halogens is 1. The van der Waals surface area contributed by atoms with Crippen molar-refractivity contribution in [3.8, 4) is 0 Å². The van der Waals surface area contributed by atoms with E-state index in [2.05, 4.69) is 22.6 Å². The third-order valence-electron chi connectivity index (χ3n) is 2.54. The van der Waals surface area contributed by atoms with Gasteiger partial charge in [-0.15, -0.1) is 0 Å². The van der Waals surface area contributed by atoms with Crippen LogP contribution in [0.15, 0.2) is 24.3 Å². The number of rotatable bonds is 6. The summed E-state index contributed by atoms with van der Waals surface area (Å²) in [4.78, 5) is 13.6. The second kappa shape index (κ2) is 7.66. The first-order valence-electron chi connectivity index (χ1n) is 5.61. The largest absolute Gasteiger partial charge is 0.385 e. The summed E-state index contributed by atoms with van der Waals surface area (Å²) in [6, 6.07) is 8.05. The lowest BCUT2D eigenvalue weighted by molar-refractivity contribution is -0.129. The van der Waals surface area contributed by atoms with E-state index < -0.39 is 0 Å². The fraction of sp³-hybridized carbons (Fsp3) is 0.462. The summed E-state index contributed by atoms with van der Waals surface area (Å²) in [6.07, 6.45) is 1.35. The monoisotopic (exact) mass is 347 g/mol. The molecule has 0 aliphatic carbocycles. The number of carbonyl (C=O) groups excluding carboxylic acids is 1. The molecule has 94 valence electrons. The Morgan fingerprint density at radius 2 is 2.00 bits per heavy atom. The van der Waals surface area contributed by atoms with Crippen LogP contribution in [0.1, 0.15) is 12.0 Å². The first kappa shape index (κ1) is 14.4. The summed E-state index contributed by atoms with van der Waals surface area (Å²) in [7, 11) is 3.51. The van der Waals surface area contributed by atoms with Gasteiger partial charge in [-0.3, -0.25) is 4.79 Å². The van der Waals surface area contributed by atoms with Gasteiger partial charge < -0.3 is 9.64 Å². The van der Waals surface area contributed by atoms with Gasteiger partial charge in [-0.25, -0.2) is 0 Å². The van der Waals surface area contributed by atoms with E-state index in [0.717, 1.165) is 18.5 Å². The number of hydrogen-bond donors (Lipinski definition) is 0. The SMILES string of the molecule is COCCCN(C)C(=O)Cc1ccc(I)cc1. The smallest absolute Gasteiger partial charge is 0.226 e. The lowest BCUT2D eigenvalue weighted by Gasteiger charge is -2.16. The van der Waals surface area contributed by atoms with Crippen LogP contribution in [0.3, 0.4) is 0 Å². The molecule has 0 aromatic heterocycles. The zero-order valence-electron chi connectivity index (χ0n) is 10.3. The molecule has 0 saturated heterocycles. The Kier molecular flexibility index (Phi) is 6.50. The molecule has 0 fully saturated rings. The Balaban J connectivity index is 2.40. The Bertz CT molecular complexity index is 351. The van der Waals surface area contributed by atoms with Gasteiger partial charge in [0.1, 0.15) is 0 Å². The molecule has 0 aliphatic heterocycles. The van der Waals surface area contributed by atoms with Gasteiger partial charge in [0, 0.05) is 30.9 Å². The first-order valence-corrected chi connectivity index (χ1v) is 6.68. The predicted molar refractivity (Wildman–Crippen MR) is 77.0 cm³/mol. The molecule has 1 aromatic rings. The van der Waals surface area contributed by atoms with Crippen LogP contribution in [0.25, 0.3) is 0 Å². The zero-order valence-corrected chi connectivity index (χ0v) is 12.4. The maximum Gasteiger partial charge on any atom is 0.226 e. The molecule has 0 radical (unpaired) electrons. The summed E-state index contributed by atoms with van der Waals surface area (Å²) in [5.74, 6) is 0.155. The molecular formula is C13H18INO2. The summed E-state index contributed by atoms with van der Waals surface area (Å²) in [5, 5.41) is 0. The van der Waals surface area contributed by atoms with E-state index in [1.807, 2.05) is 31.3 Å². The van der Waals surface area contributed by atoms with Crippen molar-refractivity contribution in [1.29, 1.82) is 0 Å². The van der Waals surface area contributed by atoms with Crippen molar-refractivity contribution in [2.45, 2.75) is 12.8 Å². The van der Waals surface area contributed by atoms with Gasteiger partial charge in [-0.1, -0.05) is 12.1 Å². The van der Waals surface area contributed by atoms with Gasteiger partial charge in [0.25, 0.3) is 0 Å². The minimum absolute atomic E-state index is 0.155. The molecule has 17 heavy (non-hydrogen) atoms. The highest BCUT2D eigenvalue weighted by atomic mass is 127. The maximum atomic E-state index is 11.9. The minimum Gasteiger partial charge on any atom is -0.385 e. The van der Waals surface area contributed by atoms with Crippen molar-refractivity contribution in [2.75, 3.05) is 27.3 Å². The molecule has 0 N–H and O–H groups in total. The molecule has 3 nitrogen and oxygen atoms in total. The average Bonchev–Trinajstić information content (AvgIpc) is 2.32. The number of amides is 1. The lowest BCUT2D eigenvalue weighted by atomic mass is 10.1. The van der Waals surface area contributed by atoms with E-state index in [0.29, 0.717) is 13.0 Å². The van der Waals surface area contributed by atoms with Gasteiger partial charge in [-0.2, -0.15) is 0 Å². The van der Waals surface area contributed by atoms with Crippen LogP contribution >= 0.6 is 22.6 Å². The van der Waals surface area contributed by atoms with Crippen molar-refractivity contribution in [1.82, 2.24) is 4.90 Å². The van der Waals surface area contributed by atoms with Crippen LogP contribution in [0.5, 0.6) is 0 Å². The van der Waals surface area contributed by atoms with E-state index in [1.165, 1.54) is 3.57 Å². The minimum atomic E-state index is 0.155. The van der Waals surface area contributed by atoms with Crippen molar-refractivity contribution in [3.63, 3.8) is 0 Å². The second-order valence-electron chi connectivity index (χ2n) is 3.96. The van der Waals surface area contributed by atoms with Crippen molar-refractivity contribution >= 4 is 28.5 Å². The van der Waals surface area contributed by atoms with Crippen molar-refractivity contribution in [2.24, 2.45) is 0 Å². The topological polar surface area (TPSA) is 29.5 Å². The lowest BCUT2D eigenvalue weighted by Crippen LogP contribution is -2.29. The molecule has 0 heterocycles. The van der Waals surface area contributed by atoms with Gasteiger partial charge in [0.05, 0.1) is 6.42 Å². The van der Waals surface area contributed by atoms with Crippen LogP contribution in [-0.4, -0.2) is 38.1 Å². The molecule has 0 spiro atoms. The fourth-order valence-electron chi connectivity index (χ4n) is 1.48. The Hall–Kier alpha value is -0.620. The second-order valence-corrected chi connectivity index (χ2v) is 5.21.